The van der Waals surface area contributed by atoms with E-state index in [1.807, 2.05) is 0 Å². The fourth-order valence-corrected chi connectivity index (χ4v) is 14.5. The standard InChI is InChI=1S/C73H51NO2/c1-71(2)56-34-20-17-31-50(56)66-68(71)67-63(65-54-33-19-22-36-61(54)76-70(65)66)51-39-37-48(41-57(51)72(67,3)4)74(47-29-15-8-16-30-47)49-38-40-52-58(42-49)73(45-25-11-6-12-26-45,46-27-13-7-14-28-46)59-43-55(44-23-9-5-10-24-44)69-64(62(52)59)53-32-18-21-35-60(53)75-69/h5-43H,1-4H3. The third kappa shape index (κ3) is 5.56. The smallest absolute Gasteiger partial charge is 0.144 e. The van der Waals surface area contributed by atoms with Crippen LogP contribution >= 0.6 is 0 Å². The fraction of sp³-hybridized carbons (Fsp3) is 0.0959. The minimum absolute atomic E-state index is 0.246. The molecule has 0 spiro atoms. The Morgan fingerprint density at radius 1 is 0.329 bits per heavy atom. The molecule has 0 fully saturated rings. The molecule has 13 aromatic rings. The maximum atomic E-state index is 7.03. The maximum Gasteiger partial charge on any atom is 0.144 e. The Bertz CT molecular complexity index is 4520. The molecular formula is C73H51NO2. The minimum Gasteiger partial charge on any atom is -0.455 e. The predicted molar refractivity (Wildman–Crippen MR) is 314 cm³/mol. The van der Waals surface area contributed by atoms with Gasteiger partial charge in [0.25, 0.3) is 0 Å². The molecule has 360 valence electrons. The number of nitrogens with zero attached hydrogens (tertiary/aromatic N) is 1. The van der Waals surface area contributed by atoms with Crippen molar-refractivity contribution >= 4 is 60.9 Å². The summed E-state index contributed by atoms with van der Waals surface area (Å²) in [5, 5.41) is 4.63. The number of hydrogen-bond donors (Lipinski definition) is 0. The first-order valence-corrected chi connectivity index (χ1v) is 26.7. The molecule has 2 aromatic heterocycles. The van der Waals surface area contributed by atoms with Crippen LogP contribution in [0.2, 0.25) is 0 Å². The Morgan fingerprint density at radius 2 is 0.803 bits per heavy atom. The van der Waals surface area contributed by atoms with Crippen LogP contribution in [0.1, 0.15) is 72.2 Å². The number of furan rings is 2. The van der Waals surface area contributed by atoms with Gasteiger partial charge in [-0.1, -0.05) is 210 Å². The van der Waals surface area contributed by atoms with Crippen LogP contribution in [0.4, 0.5) is 17.1 Å². The molecule has 76 heavy (non-hydrogen) atoms. The lowest BCUT2D eigenvalue weighted by Gasteiger charge is -2.35. The molecule has 16 rings (SSSR count). The summed E-state index contributed by atoms with van der Waals surface area (Å²) >= 11 is 0. The highest BCUT2D eigenvalue weighted by molar-refractivity contribution is 6.22. The molecule has 0 radical (unpaired) electrons. The summed E-state index contributed by atoms with van der Waals surface area (Å²) in [6.45, 7) is 9.72. The summed E-state index contributed by atoms with van der Waals surface area (Å²) in [5.41, 5.74) is 25.7. The normalized spacial score (nSPS) is 14.9. The topological polar surface area (TPSA) is 29.5 Å². The first-order chi connectivity index (χ1) is 37.2. The molecular weight excluding hydrogens is 923 g/mol. The van der Waals surface area contributed by atoms with E-state index in [0.717, 1.165) is 66.7 Å². The Morgan fingerprint density at radius 3 is 1.45 bits per heavy atom. The zero-order valence-corrected chi connectivity index (χ0v) is 42.8. The van der Waals surface area contributed by atoms with Crippen molar-refractivity contribution in [2.45, 2.75) is 43.9 Å². The molecule has 0 saturated heterocycles. The first-order valence-electron chi connectivity index (χ1n) is 26.7. The van der Waals surface area contributed by atoms with Gasteiger partial charge in [-0.3, -0.25) is 0 Å². The molecule has 3 aliphatic rings. The Balaban J connectivity index is 0.970. The van der Waals surface area contributed by atoms with Gasteiger partial charge in [0, 0.05) is 60.6 Å². The molecule has 0 bridgehead atoms. The second-order valence-electron chi connectivity index (χ2n) is 22.2. The molecule has 3 nitrogen and oxygen atoms in total. The highest BCUT2D eigenvalue weighted by Gasteiger charge is 2.50. The number of hydrogen-bond acceptors (Lipinski definition) is 3. The Kier molecular flexibility index (Phi) is 8.79. The van der Waals surface area contributed by atoms with Crippen molar-refractivity contribution < 1.29 is 8.83 Å². The van der Waals surface area contributed by atoms with Crippen LogP contribution in [0.5, 0.6) is 0 Å². The van der Waals surface area contributed by atoms with E-state index in [4.69, 9.17) is 8.83 Å². The van der Waals surface area contributed by atoms with Crippen LogP contribution in [-0.4, -0.2) is 0 Å². The predicted octanol–water partition coefficient (Wildman–Crippen LogP) is 19.6. The molecule has 0 saturated carbocycles. The number of rotatable bonds is 6. The number of anilines is 3. The van der Waals surface area contributed by atoms with Gasteiger partial charge in [0.2, 0.25) is 0 Å². The van der Waals surface area contributed by atoms with E-state index in [2.05, 4.69) is 269 Å². The van der Waals surface area contributed by atoms with E-state index in [1.54, 1.807) is 0 Å². The van der Waals surface area contributed by atoms with Crippen LogP contribution in [0.25, 0.3) is 88.4 Å². The minimum atomic E-state index is -0.702. The monoisotopic (exact) mass is 973 g/mol. The number of benzene rings is 11. The third-order valence-electron chi connectivity index (χ3n) is 17.6. The van der Waals surface area contributed by atoms with Gasteiger partial charge in [-0.05, 0) is 132 Å². The van der Waals surface area contributed by atoms with Crippen molar-refractivity contribution in [1.29, 1.82) is 0 Å². The van der Waals surface area contributed by atoms with E-state index in [1.165, 1.54) is 83.3 Å². The molecule has 3 aliphatic carbocycles. The van der Waals surface area contributed by atoms with Crippen molar-refractivity contribution in [3.63, 3.8) is 0 Å². The van der Waals surface area contributed by atoms with Gasteiger partial charge in [-0.2, -0.15) is 0 Å². The Labute approximate surface area is 442 Å². The molecule has 0 unspecified atom stereocenters. The fourth-order valence-electron chi connectivity index (χ4n) is 14.5. The molecule has 11 aromatic carbocycles. The second-order valence-corrected chi connectivity index (χ2v) is 22.2. The average Bonchev–Trinajstić information content (AvgIpc) is 4.35. The zero-order chi connectivity index (χ0) is 50.7. The van der Waals surface area contributed by atoms with E-state index in [9.17, 15) is 0 Å². The van der Waals surface area contributed by atoms with Crippen molar-refractivity contribution in [3.8, 4) is 44.5 Å². The van der Waals surface area contributed by atoms with Crippen molar-refractivity contribution in [2.24, 2.45) is 0 Å². The summed E-state index contributed by atoms with van der Waals surface area (Å²) in [5.74, 6) is 0. The van der Waals surface area contributed by atoms with Gasteiger partial charge >= 0.3 is 0 Å². The van der Waals surface area contributed by atoms with E-state index in [-0.39, 0.29) is 10.8 Å². The summed E-state index contributed by atoms with van der Waals surface area (Å²) in [4.78, 5) is 2.48. The van der Waals surface area contributed by atoms with Crippen LogP contribution in [0.3, 0.4) is 0 Å². The summed E-state index contributed by atoms with van der Waals surface area (Å²) < 4.78 is 14.0. The van der Waals surface area contributed by atoms with Gasteiger partial charge in [-0.15, -0.1) is 0 Å². The maximum absolute atomic E-state index is 7.03. The van der Waals surface area contributed by atoms with E-state index < -0.39 is 5.41 Å². The lowest BCUT2D eigenvalue weighted by atomic mass is 9.67. The number of para-hydroxylation sites is 3. The molecule has 3 heteroatoms. The SMILES string of the molecule is CC1(C)c2ccccc2-c2c1c1c(c3c2oc2ccccc23)-c2ccc(N(c3ccccc3)c3ccc4c(c3)C(c3ccccc3)(c3ccccc3)c3cc(-c5ccccc5)c5oc6ccccc6c5c3-4)cc2C1(C)C. The summed E-state index contributed by atoms with van der Waals surface area (Å²) in [7, 11) is 0. The van der Waals surface area contributed by atoms with Crippen molar-refractivity contribution in [2.75, 3.05) is 4.90 Å². The van der Waals surface area contributed by atoms with Gasteiger partial charge in [0.15, 0.2) is 0 Å². The van der Waals surface area contributed by atoms with Gasteiger partial charge in [0.1, 0.15) is 22.3 Å². The highest BCUT2D eigenvalue weighted by atomic mass is 16.3. The van der Waals surface area contributed by atoms with Gasteiger partial charge < -0.3 is 13.7 Å². The van der Waals surface area contributed by atoms with Crippen LogP contribution in [0, 0.1) is 0 Å². The van der Waals surface area contributed by atoms with E-state index in [0.29, 0.717) is 0 Å². The zero-order valence-electron chi connectivity index (χ0n) is 42.8. The molecule has 0 amide bonds. The van der Waals surface area contributed by atoms with E-state index >= 15 is 0 Å². The largest absolute Gasteiger partial charge is 0.455 e. The lowest BCUT2D eigenvalue weighted by Crippen LogP contribution is -2.29. The molecule has 0 aliphatic heterocycles. The average molecular weight is 974 g/mol. The van der Waals surface area contributed by atoms with Gasteiger partial charge in [-0.25, -0.2) is 0 Å². The molecule has 0 atom stereocenters. The molecule has 2 heterocycles. The number of fused-ring (bicyclic) bond motifs is 19. The second kappa shape index (κ2) is 15.4. The lowest BCUT2D eigenvalue weighted by molar-refractivity contribution is 0.600. The van der Waals surface area contributed by atoms with Gasteiger partial charge in [0.05, 0.1) is 5.41 Å². The first kappa shape index (κ1) is 43.2. The van der Waals surface area contributed by atoms with Crippen LogP contribution < -0.4 is 4.90 Å². The highest BCUT2D eigenvalue weighted by Crippen LogP contribution is 2.65. The van der Waals surface area contributed by atoms with Crippen molar-refractivity contribution in [1.82, 2.24) is 0 Å². The van der Waals surface area contributed by atoms with Crippen LogP contribution in [-0.2, 0) is 16.2 Å². The molecule has 0 N–H and O–H groups in total. The van der Waals surface area contributed by atoms with Crippen LogP contribution in [0.15, 0.2) is 245 Å². The summed E-state index contributed by atoms with van der Waals surface area (Å²) in [6.07, 6.45) is 0. The quantitative estimate of drug-likeness (QED) is 0.166. The third-order valence-corrected chi connectivity index (χ3v) is 17.6. The Hall–Kier alpha value is -9.18. The van der Waals surface area contributed by atoms with Crippen molar-refractivity contribution in [3.05, 3.63) is 281 Å². The summed E-state index contributed by atoms with van der Waals surface area (Å²) in [6, 6.07) is 87.2.